The zero-order valence-electron chi connectivity index (χ0n) is 9.49. The zero-order chi connectivity index (χ0) is 13.3. The third-order valence-electron chi connectivity index (χ3n) is 2.02. The van der Waals surface area contributed by atoms with Crippen molar-refractivity contribution in [2.45, 2.75) is 24.3 Å². The highest BCUT2D eigenvalue weighted by Gasteiger charge is 2.25. The van der Waals surface area contributed by atoms with E-state index in [1.807, 2.05) is 0 Å². The Balaban J connectivity index is 3.24. The summed E-state index contributed by atoms with van der Waals surface area (Å²) in [6.07, 6.45) is 5.24. The quantitative estimate of drug-likeness (QED) is 0.659. The van der Waals surface area contributed by atoms with Crippen LogP contribution in [-0.2, 0) is 10.0 Å². The van der Waals surface area contributed by atoms with Crippen LogP contribution in [0.15, 0.2) is 27.6 Å². The van der Waals surface area contributed by atoms with Crippen molar-refractivity contribution in [2.24, 2.45) is 0 Å². The summed E-state index contributed by atoms with van der Waals surface area (Å²) in [4.78, 5) is 0.00944. The van der Waals surface area contributed by atoms with E-state index in [4.69, 9.17) is 12.2 Å². The molecular weight excluding hydrogens is 304 g/mol. The normalized spacial score (nSPS) is 12.1. The molecule has 3 N–H and O–H groups in total. The topological polar surface area (TPSA) is 72.2 Å². The largest absolute Gasteiger partial charge is 0.398 e. The zero-order valence-corrected chi connectivity index (χ0v) is 11.9. The minimum Gasteiger partial charge on any atom is -0.398 e. The minimum absolute atomic E-state index is 0.00944. The molecule has 17 heavy (non-hydrogen) atoms. The molecule has 0 unspecified atom stereocenters. The van der Waals surface area contributed by atoms with Crippen LogP contribution in [0.4, 0.5) is 5.69 Å². The van der Waals surface area contributed by atoms with Crippen LogP contribution in [0.5, 0.6) is 0 Å². The summed E-state index contributed by atoms with van der Waals surface area (Å²) in [6, 6.07) is 4.62. The molecule has 6 heteroatoms. The second kappa shape index (κ2) is 4.69. The summed E-state index contributed by atoms with van der Waals surface area (Å²) in [5.74, 6) is 2.36. The number of rotatable bonds is 3. The molecule has 0 aliphatic carbocycles. The number of terminal acetylenes is 1. The lowest BCUT2D eigenvalue weighted by Crippen LogP contribution is -2.42. The van der Waals surface area contributed by atoms with E-state index < -0.39 is 15.6 Å². The first-order valence-corrected chi connectivity index (χ1v) is 7.02. The van der Waals surface area contributed by atoms with E-state index in [1.165, 1.54) is 12.1 Å². The Bertz CT molecular complexity index is 574. The molecule has 1 rings (SSSR count). The lowest BCUT2D eigenvalue weighted by molar-refractivity contribution is 0.539. The fraction of sp³-hybridized carbons (Fsp3) is 0.273. The van der Waals surface area contributed by atoms with Crippen LogP contribution in [-0.4, -0.2) is 14.0 Å². The molecular formula is C11H13BrN2O2S. The molecule has 0 heterocycles. The van der Waals surface area contributed by atoms with Gasteiger partial charge in [0.25, 0.3) is 0 Å². The first kappa shape index (κ1) is 14.0. The maximum Gasteiger partial charge on any atom is 0.243 e. The lowest BCUT2D eigenvalue weighted by Gasteiger charge is -2.20. The highest BCUT2D eigenvalue weighted by Crippen LogP contribution is 2.23. The van der Waals surface area contributed by atoms with Crippen molar-refractivity contribution in [3.8, 4) is 12.3 Å². The number of nitrogens with one attached hydrogen (secondary N) is 1. The fourth-order valence-electron chi connectivity index (χ4n) is 1.16. The summed E-state index contributed by atoms with van der Waals surface area (Å²) in [6.45, 7) is 3.19. The van der Waals surface area contributed by atoms with E-state index >= 15 is 0 Å². The number of anilines is 1. The number of halogens is 1. The van der Waals surface area contributed by atoms with Crippen LogP contribution in [0.2, 0.25) is 0 Å². The number of sulfonamides is 1. The predicted molar refractivity (Wildman–Crippen MR) is 71.8 cm³/mol. The van der Waals surface area contributed by atoms with E-state index in [-0.39, 0.29) is 10.6 Å². The summed E-state index contributed by atoms with van der Waals surface area (Å²) in [5.41, 5.74) is 4.85. The monoisotopic (exact) mass is 316 g/mol. The molecule has 0 bridgehead atoms. The number of benzene rings is 1. The number of hydrogen-bond acceptors (Lipinski definition) is 3. The Hall–Kier alpha value is -1.03. The summed E-state index contributed by atoms with van der Waals surface area (Å²) < 4.78 is 27.2. The van der Waals surface area contributed by atoms with Gasteiger partial charge in [-0.1, -0.05) is 21.9 Å². The van der Waals surface area contributed by atoms with Crippen molar-refractivity contribution in [3.63, 3.8) is 0 Å². The SMILES string of the molecule is C#CC(C)(C)NS(=O)(=O)c1cc(Br)ccc1N. The van der Waals surface area contributed by atoms with Crippen molar-refractivity contribution in [1.29, 1.82) is 0 Å². The molecule has 92 valence electrons. The van der Waals surface area contributed by atoms with Crippen LogP contribution >= 0.6 is 15.9 Å². The van der Waals surface area contributed by atoms with Gasteiger partial charge in [0.1, 0.15) is 4.90 Å². The van der Waals surface area contributed by atoms with Gasteiger partial charge in [0.15, 0.2) is 0 Å². The smallest absolute Gasteiger partial charge is 0.243 e. The fourth-order valence-corrected chi connectivity index (χ4v) is 3.18. The average molecular weight is 317 g/mol. The van der Waals surface area contributed by atoms with E-state index in [9.17, 15) is 8.42 Å². The van der Waals surface area contributed by atoms with Crippen LogP contribution in [0.1, 0.15) is 13.8 Å². The predicted octanol–water partition coefficient (Wildman–Crippen LogP) is 1.72. The van der Waals surface area contributed by atoms with Gasteiger partial charge < -0.3 is 5.73 Å². The van der Waals surface area contributed by atoms with Crippen LogP contribution in [0.3, 0.4) is 0 Å². The molecule has 0 fully saturated rings. The van der Waals surface area contributed by atoms with Crippen molar-refractivity contribution in [1.82, 2.24) is 4.72 Å². The Morgan fingerprint density at radius 3 is 2.59 bits per heavy atom. The summed E-state index contributed by atoms with van der Waals surface area (Å²) in [7, 11) is -3.73. The lowest BCUT2D eigenvalue weighted by atomic mass is 10.1. The average Bonchev–Trinajstić information content (AvgIpc) is 2.20. The third kappa shape index (κ3) is 3.46. The molecule has 0 atom stereocenters. The molecule has 0 radical (unpaired) electrons. The molecule has 0 aliphatic heterocycles. The molecule has 0 aliphatic rings. The van der Waals surface area contributed by atoms with Crippen LogP contribution in [0, 0.1) is 12.3 Å². The maximum atomic E-state index is 12.1. The highest BCUT2D eigenvalue weighted by molar-refractivity contribution is 9.10. The van der Waals surface area contributed by atoms with Crippen molar-refractivity contribution < 1.29 is 8.42 Å². The number of nitrogen functional groups attached to an aromatic ring is 1. The third-order valence-corrected chi connectivity index (χ3v) is 4.22. The molecule has 1 aromatic carbocycles. The number of nitrogens with two attached hydrogens (primary N) is 1. The minimum atomic E-state index is -3.73. The Kier molecular flexibility index (Phi) is 3.87. The van der Waals surface area contributed by atoms with Crippen molar-refractivity contribution in [2.75, 3.05) is 5.73 Å². The Morgan fingerprint density at radius 2 is 2.06 bits per heavy atom. The van der Waals surface area contributed by atoms with Crippen molar-refractivity contribution in [3.05, 3.63) is 22.7 Å². The van der Waals surface area contributed by atoms with Gasteiger partial charge in [0.2, 0.25) is 10.0 Å². The summed E-state index contributed by atoms with van der Waals surface area (Å²) >= 11 is 3.20. The molecule has 1 aromatic rings. The molecule has 4 nitrogen and oxygen atoms in total. The van der Waals surface area contributed by atoms with Gasteiger partial charge in [-0.3, -0.25) is 0 Å². The van der Waals surface area contributed by atoms with E-state index in [0.29, 0.717) is 4.47 Å². The van der Waals surface area contributed by atoms with Gasteiger partial charge in [0, 0.05) is 4.47 Å². The molecule has 0 amide bonds. The standard InChI is InChI=1S/C11H13BrN2O2S/c1-4-11(2,3)14-17(15,16)10-7-8(12)5-6-9(10)13/h1,5-7,14H,13H2,2-3H3. The van der Waals surface area contributed by atoms with Gasteiger partial charge >= 0.3 is 0 Å². The molecule has 0 saturated carbocycles. The first-order valence-electron chi connectivity index (χ1n) is 4.75. The highest BCUT2D eigenvalue weighted by atomic mass is 79.9. The van der Waals surface area contributed by atoms with Gasteiger partial charge in [-0.2, -0.15) is 4.72 Å². The Labute approximate surface area is 110 Å². The van der Waals surface area contributed by atoms with Gasteiger partial charge in [-0.25, -0.2) is 8.42 Å². The first-order chi connectivity index (χ1) is 7.68. The second-order valence-corrected chi connectivity index (χ2v) is 6.62. The van der Waals surface area contributed by atoms with Crippen LogP contribution < -0.4 is 10.5 Å². The molecule has 0 aromatic heterocycles. The molecule has 0 saturated heterocycles. The molecule has 0 spiro atoms. The van der Waals surface area contributed by atoms with E-state index in [2.05, 4.69) is 26.6 Å². The second-order valence-electron chi connectivity index (χ2n) is 4.06. The van der Waals surface area contributed by atoms with E-state index in [1.54, 1.807) is 19.9 Å². The van der Waals surface area contributed by atoms with E-state index in [0.717, 1.165) is 0 Å². The van der Waals surface area contributed by atoms with Gasteiger partial charge in [-0.15, -0.1) is 6.42 Å². The van der Waals surface area contributed by atoms with Crippen molar-refractivity contribution >= 4 is 31.6 Å². The van der Waals surface area contributed by atoms with Gasteiger partial charge in [0.05, 0.1) is 11.2 Å². The Morgan fingerprint density at radius 1 is 1.47 bits per heavy atom. The maximum absolute atomic E-state index is 12.1. The van der Waals surface area contributed by atoms with Gasteiger partial charge in [-0.05, 0) is 32.0 Å². The van der Waals surface area contributed by atoms with Crippen LogP contribution in [0.25, 0.3) is 0 Å². The number of hydrogen-bond donors (Lipinski definition) is 2. The summed E-state index contributed by atoms with van der Waals surface area (Å²) in [5, 5.41) is 0.